The fourth-order valence-electron chi connectivity index (χ4n) is 2.64. The highest BCUT2D eigenvalue weighted by molar-refractivity contribution is 6.31. The Bertz CT molecular complexity index is 857. The lowest BCUT2D eigenvalue weighted by atomic mass is 10.2. The minimum atomic E-state index is 0.585. The van der Waals surface area contributed by atoms with Gasteiger partial charge in [0.05, 0.1) is 6.54 Å². The summed E-state index contributed by atoms with van der Waals surface area (Å²) in [6.07, 6.45) is 3.81. The molecule has 0 unspecified atom stereocenters. The van der Waals surface area contributed by atoms with Crippen molar-refractivity contribution in [3.05, 3.63) is 89.0 Å². The number of benzene rings is 2. The van der Waals surface area contributed by atoms with Gasteiger partial charge in [-0.3, -0.25) is 4.99 Å². The summed E-state index contributed by atoms with van der Waals surface area (Å²) in [5.74, 6) is 1.66. The zero-order chi connectivity index (χ0) is 18.2. The van der Waals surface area contributed by atoms with Crippen LogP contribution in [0.15, 0.2) is 72.0 Å². The average Bonchev–Trinajstić information content (AvgIpc) is 3.11. The number of halogens is 1. The number of aliphatic imine (C=N–C) groups is 1. The summed E-state index contributed by atoms with van der Waals surface area (Å²) in [7, 11) is 1.75. The zero-order valence-corrected chi connectivity index (χ0v) is 15.4. The molecule has 3 rings (SSSR count). The summed E-state index contributed by atoms with van der Waals surface area (Å²) in [4.78, 5) is 8.71. The summed E-state index contributed by atoms with van der Waals surface area (Å²) < 4.78 is 2.13. The minimum Gasteiger partial charge on any atom is -0.352 e. The molecular weight excluding hydrogens is 346 g/mol. The number of hydrogen-bond acceptors (Lipinski definition) is 2. The Morgan fingerprint density at radius 3 is 2.54 bits per heavy atom. The van der Waals surface area contributed by atoms with Gasteiger partial charge in [-0.2, -0.15) is 0 Å². The van der Waals surface area contributed by atoms with Crippen LogP contribution in [-0.4, -0.2) is 22.6 Å². The third-order valence-corrected chi connectivity index (χ3v) is 4.41. The van der Waals surface area contributed by atoms with Crippen LogP contribution < -0.4 is 10.6 Å². The van der Waals surface area contributed by atoms with Gasteiger partial charge in [0.15, 0.2) is 5.96 Å². The number of rotatable bonds is 6. The monoisotopic (exact) mass is 367 g/mol. The molecule has 0 amide bonds. The number of hydrogen-bond donors (Lipinski definition) is 2. The maximum Gasteiger partial charge on any atom is 0.191 e. The number of guanidine groups is 1. The lowest BCUT2D eigenvalue weighted by Crippen LogP contribution is -2.37. The third kappa shape index (κ3) is 4.86. The lowest BCUT2D eigenvalue weighted by Gasteiger charge is -2.13. The molecule has 3 aromatic rings. The van der Waals surface area contributed by atoms with E-state index in [-0.39, 0.29) is 0 Å². The average molecular weight is 368 g/mol. The predicted octanol–water partition coefficient (Wildman–Crippen LogP) is 3.45. The quantitative estimate of drug-likeness (QED) is 0.518. The Morgan fingerprint density at radius 1 is 1.04 bits per heavy atom. The van der Waals surface area contributed by atoms with Gasteiger partial charge in [-0.25, -0.2) is 4.98 Å². The van der Waals surface area contributed by atoms with Crippen molar-refractivity contribution in [1.29, 1.82) is 0 Å². The van der Waals surface area contributed by atoms with Crippen LogP contribution in [0, 0.1) is 0 Å². The number of imidazole rings is 1. The number of nitrogens with one attached hydrogen (secondary N) is 2. The van der Waals surface area contributed by atoms with Crippen LogP contribution in [-0.2, 0) is 19.6 Å². The van der Waals surface area contributed by atoms with E-state index in [9.17, 15) is 0 Å². The molecule has 2 N–H and O–H groups in total. The zero-order valence-electron chi connectivity index (χ0n) is 14.7. The molecule has 0 saturated carbocycles. The molecule has 0 fully saturated rings. The van der Waals surface area contributed by atoms with Crippen LogP contribution in [0.25, 0.3) is 0 Å². The molecule has 5 nitrogen and oxygen atoms in total. The number of nitrogens with zero attached hydrogens (tertiary/aromatic N) is 3. The maximum atomic E-state index is 6.19. The van der Waals surface area contributed by atoms with E-state index in [1.807, 2.05) is 54.9 Å². The Hall–Kier alpha value is -2.79. The summed E-state index contributed by atoms with van der Waals surface area (Å²) in [6, 6.07) is 18.1. The highest BCUT2D eigenvalue weighted by Crippen LogP contribution is 2.14. The van der Waals surface area contributed by atoms with E-state index in [1.165, 1.54) is 5.56 Å². The van der Waals surface area contributed by atoms with Crippen molar-refractivity contribution in [2.45, 2.75) is 19.6 Å². The first-order valence-electron chi connectivity index (χ1n) is 8.48. The van der Waals surface area contributed by atoms with Gasteiger partial charge < -0.3 is 15.2 Å². The summed E-state index contributed by atoms with van der Waals surface area (Å²) >= 11 is 6.19. The van der Waals surface area contributed by atoms with Crippen LogP contribution in [0.5, 0.6) is 0 Å². The summed E-state index contributed by atoms with van der Waals surface area (Å²) in [6.45, 7) is 1.99. The Balaban J connectivity index is 1.56. The molecule has 0 saturated heterocycles. The molecule has 0 aliphatic carbocycles. The molecule has 1 heterocycles. The third-order valence-electron chi connectivity index (χ3n) is 4.04. The van der Waals surface area contributed by atoms with Crippen LogP contribution >= 0.6 is 11.6 Å². The van der Waals surface area contributed by atoms with E-state index in [1.54, 1.807) is 7.05 Å². The fourth-order valence-corrected chi connectivity index (χ4v) is 2.84. The normalized spacial score (nSPS) is 11.4. The highest BCUT2D eigenvalue weighted by Gasteiger charge is 2.06. The van der Waals surface area contributed by atoms with Gasteiger partial charge in [-0.1, -0.05) is 60.1 Å². The molecule has 0 aliphatic heterocycles. The maximum absolute atomic E-state index is 6.19. The first kappa shape index (κ1) is 18.0. The van der Waals surface area contributed by atoms with E-state index in [0.29, 0.717) is 19.0 Å². The second-order valence-corrected chi connectivity index (χ2v) is 6.23. The number of aromatic nitrogens is 2. The van der Waals surface area contributed by atoms with Crippen molar-refractivity contribution < 1.29 is 0 Å². The molecular formula is C20H22ClN5. The fraction of sp³-hybridized carbons (Fsp3) is 0.200. The van der Waals surface area contributed by atoms with E-state index >= 15 is 0 Å². The van der Waals surface area contributed by atoms with Gasteiger partial charge >= 0.3 is 0 Å². The highest BCUT2D eigenvalue weighted by atomic mass is 35.5. The molecule has 2 aromatic carbocycles. The minimum absolute atomic E-state index is 0.585. The van der Waals surface area contributed by atoms with Crippen LogP contribution in [0.4, 0.5) is 0 Å². The van der Waals surface area contributed by atoms with Crippen molar-refractivity contribution in [3.8, 4) is 0 Å². The van der Waals surface area contributed by atoms with Gasteiger partial charge in [0.25, 0.3) is 0 Å². The predicted molar refractivity (Wildman–Crippen MR) is 106 cm³/mol. The molecule has 0 spiro atoms. The van der Waals surface area contributed by atoms with Crippen molar-refractivity contribution in [3.63, 3.8) is 0 Å². The summed E-state index contributed by atoms with van der Waals surface area (Å²) in [5.41, 5.74) is 2.27. The van der Waals surface area contributed by atoms with Gasteiger partial charge in [0.1, 0.15) is 5.82 Å². The molecule has 6 heteroatoms. The van der Waals surface area contributed by atoms with Crippen molar-refractivity contribution in [1.82, 2.24) is 20.2 Å². The topological polar surface area (TPSA) is 54.2 Å². The molecule has 0 bridgehead atoms. The van der Waals surface area contributed by atoms with Gasteiger partial charge in [-0.15, -0.1) is 0 Å². The smallest absolute Gasteiger partial charge is 0.191 e. The second-order valence-electron chi connectivity index (χ2n) is 5.83. The molecule has 0 aliphatic rings. The largest absolute Gasteiger partial charge is 0.352 e. The standard InChI is InChI=1S/C20H22ClN5/c1-22-20(24-13-17-9-5-6-10-18(17)21)25-14-19-23-11-12-26(19)15-16-7-3-2-4-8-16/h2-12H,13-15H2,1H3,(H2,22,24,25). The van der Waals surface area contributed by atoms with Gasteiger partial charge in [0, 0.05) is 37.6 Å². The Labute approximate surface area is 158 Å². The van der Waals surface area contributed by atoms with Gasteiger partial charge in [-0.05, 0) is 17.2 Å². The molecule has 0 atom stereocenters. The van der Waals surface area contributed by atoms with Gasteiger partial charge in [0.2, 0.25) is 0 Å². The Morgan fingerprint density at radius 2 is 1.77 bits per heavy atom. The van der Waals surface area contributed by atoms with Crippen LogP contribution in [0.2, 0.25) is 5.02 Å². The van der Waals surface area contributed by atoms with Crippen LogP contribution in [0.3, 0.4) is 0 Å². The van der Waals surface area contributed by atoms with E-state index < -0.39 is 0 Å². The van der Waals surface area contributed by atoms with Crippen molar-refractivity contribution in [2.75, 3.05) is 7.05 Å². The first-order valence-corrected chi connectivity index (χ1v) is 8.86. The lowest BCUT2D eigenvalue weighted by molar-refractivity contribution is 0.688. The van der Waals surface area contributed by atoms with E-state index in [2.05, 4.69) is 37.3 Å². The molecule has 1 aromatic heterocycles. The SMILES string of the molecule is CN=C(NCc1ccccc1Cl)NCc1nccn1Cc1ccccc1. The second kappa shape index (κ2) is 9.06. The Kier molecular flexibility index (Phi) is 6.28. The first-order chi connectivity index (χ1) is 12.8. The summed E-state index contributed by atoms with van der Waals surface area (Å²) in [5, 5.41) is 7.32. The van der Waals surface area contributed by atoms with E-state index in [0.717, 1.165) is 23.0 Å². The molecule has 26 heavy (non-hydrogen) atoms. The van der Waals surface area contributed by atoms with Crippen LogP contribution in [0.1, 0.15) is 17.0 Å². The van der Waals surface area contributed by atoms with E-state index in [4.69, 9.17) is 11.6 Å². The van der Waals surface area contributed by atoms with Crippen molar-refractivity contribution >= 4 is 17.6 Å². The van der Waals surface area contributed by atoms with Crippen molar-refractivity contribution in [2.24, 2.45) is 4.99 Å². The molecule has 0 radical (unpaired) electrons. The molecule has 134 valence electrons.